The van der Waals surface area contributed by atoms with Crippen LogP contribution in [0.4, 0.5) is 0 Å². The molecule has 0 aliphatic carbocycles. The van der Waals surface area contributed by atoms with Gasteiger partial charge in [0.2, 0.25) is 17.7 Å². The van der Waals surface area contributed by atoms with Crippen LogP contribution in [0.3, 0.4) is 0 Å². The van der Waals surface area contributed by atoms with Gasteiger partial charge in [0.15, 0.2) is 56.6 Å². The SMILES string of the molecule is CC(=O)N[C@@H]1[C@@H](O[C@@H]2O[C@@H](C)[C@@H](O)[C@@H](O)[C@@H]2O)[C@H](O[C@@H]2O[C@H](CO)[C@@H](O[C@@H]3O[C@H](CO[C@H]4O[C@H](CO)[C@@H](O[C@@H]5O[C@H](CO)[C@@H](O)[C@H](O[C@@H]6O[C@H](CO)[C@H](O)[C@H](O)[C@H]6O)[C@H]5NC(C)=O)[C@H](O)[C@@H]4O)[C@@H](O)[C@H](O[C@H]4O[C@H](CO)[C@@H](O)[C@H](O)[C@@H]4O)[C@@H]3O[C@@H]3O[C@H](CO)[C@H](O)[C@H]3O)[C@H](O)[C@H]2NC(C)=O)[C@@H](CO)O[C@H]1O. The molecule has 9 fully saturated rings. The fourth-order valence-electron chi connectivity index (χ4n) is 13.8. The molecule has 47 nitrogen and oxygen atoms in total. The lowest BCUT2D eigenvalue weighted by atomic mass is 9.93. The van der Waals surface area contributed by atoms with Gasteiger partial charge in [0, 0.05) is 20.8 Å². The van der Waals surface area contributed by atoms with Crippen LogP contribution in [0.15, 0.2) is 0 Å². The van der Waals surface area contributed by atoms with Crippen molar-refractivity contribution in [3.05, 3.63) is 0 Å². The molecule has 0 saturated carbocycles. The van der Waals surface area contributed by atoms with E-state index in [-0.39, 0.29) is 0 Å². The summed E-state index contributed by atoms with van der Waals surface area (Å²) in [5, 5.41) is 271. The third kappa shape index (κ3) is 18.7. The molecule has 9 rings (SSSR count). The van der Waals surface area contributed by atoms with E-state index in [1.54, 1.807) is 0 Å². The maximum absolute atomic E-state index is 13.2. The molecule has 27 N–H and O–H groups in total. The summed E-state index contributed by atoms with van der Waals surface area (Å²) in [5.74, 6) is -2.68. The number of nitrogens with one attached hydrogen (secondary N) is 3. The summed E-state index contributed by atoms with van der Waals surface area (Å²) in [5.41, 5.74) is 0. The van der Waals surface area contributed by atoms with Crippen LogP contribution in [0.5, 0.6) is 0 Å². The Morgan fingerprint density at radius 2 is 0.585 bits per heavy atom. The highest BCUT2D eigenvalue weighted by Crippen LogP contribution is 2.41. The molecule has 0 aromatic heterocycles. The molecule has 9 aliphatic heterocycles. The second-order valence-corrected chi connectivity index (χ2v) is 26.9. The fourth-order valence-corrected chi connectivity index (χ4v) is 13.8. The average molecular weight is 1550 g/mol. The molecule has 3 amide bonds. The molecule has 9 saturated heterocycles. The van der Waals surface area contributed by atoms with E-state index >= 15 is 0 Å². The van der Waals surface area contributed by atoms with Gasteiger partial charge in [-0.25, -0.2) is 0 Å². The van der Waals surface area contributed by atoms with Gasteiger partial charge in [-0.3, -0.25) is 14.4 Å². The van der Waals surface area contributed by atoms with Crippen LogP contribution >= 0.6 is 0 Å². The normalized spacial score (nSPS) is 50.3. The van der Waals surface area contributed by atoms with Gasteiger partial charge in [-0.1, -0.05) is 0 Å². The zero-order chi connectivity index (χ0) is 77.9. The molecule has 47 heteroatoms. The Bertz CT molecular complexity index is 2760. The molecular weight excluding hydrogens is 1450 g/mol. The van der Waals surface area contributed by atoms with Gasteiger partial charge in [-0.2, -0.15) is 0 Å². The van der Waals surface area contributed by atoms with Crippen LogP contribution in [0.1, 0.15) is 27.7 Å². The summed E-state index contributed by atoms with van der Waals surface area (Å²) >= 11 is 0. The van der Waals surface area contributed by atoms with Crippen LogP contribution < -0.4 is 16.0 Å². The summed E-state index contributed by atoms with van der Waals surface area (Å²) in [6, 6.07) is -5.50. The maximum atomic E-state index is 13.2. The minimum Gasteiger partial charge on any atom is -0.394 e. The summed E-state index contributed by atoms with van der Waals surface area (Å²) < 4.78 is 101. The Balaban J connectivity index is 1.03. The molecule has 0 aromatic carbocycles. The second kappa shape index (κ2) is 37.6. The first-order chi connectivity index (χ1) is 50.2. The monoisotopic (exact) mass is 1550 g/mol. The lowest BCUT2D eigenvalue weighted by Crippen LogP contribution is -2.71. The van der Waals surface area contributed by atoms with Gasteiger partial charge in [-0.05, 0) is 6.92 Å². The molecule has 0 unspecified atom stereocenters. The number of hydrogen-bond donors (Lipinski definition) is 27. The van der Waals surface area contributed by atoms with Crippen LogP contribution in [0.2, 0.25) is 0 Å². The van der Waals surface area contributed by atoms with Gasteiger partial charge in [0.05, 0.1) is 59.0 Å². The van der Waals surface area contributed by atoms with E-state index in [1.165, 1.54) is 6.92 Å². The Hall–Kier alpha value is -3.23. The Morgan fingerprint density at radius 3 is 1.09 bits per heavy atom. The largest absolute Gasteiger partial charge is 0.394 e. The van der Waals surface area contributed by atoms with Gasteiger partial charge in [-0.15, -0.1) is 0 Å². The highest BCUT2D eigenvalue weighted by atomic mass is 16.8. The molecule has 0 bridgehead atoms. The molecule has 0 radical (unpaired) electrons. The molecule has 9 aliphatic rings. The number of amides is 3. The quantitative estimate of drug-likeness (QED) is 0.0363. The van der Waals surface area contributed by atoms with Crippen molar-refractivity contribution in [2.24, 2.45) is 0 Å². The Kier molecular flexibility index (Phi) is 30.8. The number of aliphatic hydroxyl groups is 24. The van der Waals surface area contributed by atoms with Crippen molar-refractivity contribution in [3.8, 4) is 0 Å². The molecule has 44 atom stereocenters. The van der Waals surface area contributed by atoms with Crippen LogP contribution in [-0.2, 0) is 94.9 Å². The Labute approximate surface area is 600 Å². The predicted octanol–water partition coefficient (Wildman–Crippen LogP) is -18.5. The van der Waals surface area contributed by atoms with Crippen molar-refractivity contribution < 1.29 is 217 Å². The Morgan fingerprint density at radius 1 is 0.264 bits per heavy atom. The van der Waals surface area contributed by atoms with Crippen molar-refractivity contribution in [1.82, 2.24) is 16.0 Å². The fraction of sp³-hybridized carbons (Fsp3) is 0.949. The van der Waals surface area contributed by atoms with Gasteiger partial charge >= 0.3 is 0 Å². The zero-order valence-corrected chi connectivity index (χ0v) is 57.0. The number of hydrogen-bond acceptors (Lipinski definition) is 44. The number of rotatable bonds is 27. The molecule has 0 spiro atoms. The standard InChI is InChI=1S/C59H99N3O44/c1-13-28(73)35(80)40(85)55(91-13)104-48-26(61-15(3)71)51(89)92-23(11-69)46(48)102-52-25(60-14(2)70)34(79)44(21(9-67)97-52)101-59-50(106-56-39(84)31(76)19(7-65)96-56)49(105-58-42(87)37(82)30(75)18(6-64)95-58)33(78)24(99-59)12-90-54-43(88)38(83)45(22(10-68)98-54)100-53-27(62-16(4)72)47(32(77)20(8-66)93-53)103-57-41(86)36(81)29(74)17(5-63)94-57/h13,17-59,63-69,73-89H,5-12H2,1-4H3,(H,60,70)(H,61,71)(H,62,72)/t13-,17+,18+,19+,20+,21+,22+,23+,24+,25+,26+,27+,28+,29-,30+,31-,32+,33+,34+,35+,36-,37-,38+,39+,40-,41+,42-,43-,44+,45+,46+,47+,48+,49-,50-,51+,52-,53-,54-,55-,56-,57-,58+,59-/m0/s1. The minimum absolute atomic E-state index is 0.838. The second-order valence-electron chi connectivity index (χ2n) is 26.9. The first-order valence-electron chi connectivity index (χ1n) is 33.9. The summed E-state index contributed by atoms with van der Waals surface area (Å²) in [6.45, 7) is -4.38. The van der Waals surface area contributed by atoms with Crippen molar-refractivity contribution >= 4 is 17.7 Å². The van der Waals surface area contributed by atoms with Crippen LogP contribution in [-0.4, -0.2) is 463 Å². The topological polar surface area (TPSA) is 730 Å². The van der Waals surface area contributed by atoms with Crippen LogP contribution in [0, 0.1) is 0 Å². The molecular formula is C59H99N3O44. The van der Waals surface area contributed by atoms with Crippen molar-refractivity contribution in [3.63, 3.8) is 0 Å². The minimum atomic E-state index is -2.41. The highest BCUT2D eigenvalue weighted by Gasteiger charge is 2.61. The zero-order valence-electron chi connectivity index (χ0n) is 57.0. The van der Waals surface area contributed by atoms with Crippen molar-refractivity contribution in [1.29, 1.82) is 0 Å². The van der Waals surface area contributed by atoms with Gasteiger partial charge in [0.1, 0.15) is 207 Å². The maximum Gasteiger partial charge on any atom is 0.217 e. The number of carbonyl (C=O) groups excluding carboxylic acids is 3. The first kappa shape index (κ1) is 86.7. The third-order valence-corrected chi connectivity index (χ3v) is 19.6. The van der Waals surface area contributed by atoms with E-state index in [1.807, 2.05) is 0 Å². The average Bonchev–Trinajstić information content (AvgIpc) is 0.880. The smallest absolute Gasteiger partial charge is 0.217 e. The van der Waals surface area contributed by atoms with Crippen molar-refractivity contribution in [2.45, 2.75) is 298 Å². The molecule has 614 valence electrons. The van der Waals surface area contributed by atoms with Gasteiger partial charge in [0.25, 0.3) is 0 Å². The van der Waals surface area contributed by atoms with E-state index < -0.39 is 341 Å². The van der Waals surface area contributed by atoms with E-state index in [0.717, 1.165) is 20.8 Å². The van der Waals surface area contributed by atoms with E-state index in [2.05, 4.69) is 16.0 Å². The van der Waals surface area contributed by atoms with Crippen LogP contribution in [0.25, 0.3) is 0 Å². The number of ether oxygens (including phenoxy) is 17. The summed E-state index contributed by atoms with van der Waals surface area (Å²) in [4.78, 5) is 38.7. The van der Waals surface area contributed by atoms with Crippen molar-refractivity contribution in [2.75, 3.05) is 52.9 Å². The third-order valence-electron chi connectivity index (χ3n) is 19.6. The first-order valence-corrected chi connectivity index (χ1v) is 33.9. The van der Waals surface area contributed by atoms with Gasteiger partial charge < -0.3 is 219 Å². The number of carbonyl (C=O) groups is 3. The van der Waals surface area contributed by atoms with E-state index in [9.17, 15) is 137 Å². The highest BCUT2D eigenvalue weighted by molar-refractivity contribution is 5.74. The number of aliphatic hydroxyl groups excluding tert-OH is 24. The molecule has 106 heavy (non-hydrogen) atoms. The van der Waals surface area contributed by atoms with E-state index in [0.29, 0.717) is 0 Å². The molecule has 9 heterocycles. The summed E-state index contributed by atoms with van der Waals surface area (Å²) in [7, 11) is 0. The van der Waals surface area contributed by atoms with E-state index in [4.69, 9.17) is 80.5 Å². The lowest BCUT2D eigenvalue weighted by molar-refractivity contribution is -0.400. The lowest BCUT2D eigenvalue weighted by Gasteiger charge is -2.51. The predicted molar refractivity (Wildman–Crippen MR) is 324 cm³/mol. The molecule has 0 aromatic rings. The summed E-state index contributed by atoms with van der Waals surface area (Å²) in [6.07, 6.45) is -82.6.